The van der Waals surface area contributed by atoms with E-state index in [0.29, 0.717) is 30.4 Å². The van der Waals surface area contributed by atoms with Crippen LogP contribution in [-0.2, 0) is 17.6 Å². The molecule has 0 spiro atoms. The Hall–Kier alpha value is -3.75. The molecule has 0 saturated carbocycles. The van der Waals surface area contributed by atoms with Gasteiger partial charge in [-0.25, -0.2) is 9.37 Å². The highest BCUT2D eigenvalue weighted by Crippen LogP contribution is 2.40. The number of anilines is 1. The molecule has 3 heterocycles. The number of likely N-dealkylation sites (tertiary alicyclic amines) is 1. The summed E-state index contributed by atoms with van der Waals surface area (Å²) in [4.78, 5) is 35.5. The van der Waals surface area contributed by atoms with Crippen molar-refractivity contribution in [2.75, 3.05) is 32.0 Å². The molecule has 1 saturated heterocycles. The summed E-state index contributed by atoms with van der Waals surface area (Å²) in [6.45, 7) is 1.86. The molecule has 42 heavy (non-hydrogen) atoms. The molecule has 2 aliphatic heterocycles. The molecule has 4 aromatic rings. The first-order chi connectivity index (χ1) is 20.4. The first-order valence-electron chi connectivity index (χ1n) is 14.2. The molecule has 6 nitrogen and oxygen atoms in total. The number of carbonyl (C=O) groups is 2. The van der Waals surface area contributed by atoms with E-state index in [-0.39, 0.29) is 36.0 Å². The lowest BCUT2D eigenvalue weighted by molar-refractivity contribution is -0.131. The van der Waals surface area contributed by atoms with E-state index in [2.05, 4.69) is 17.4 Å². The van der Waals surface area contributed by atoms with Crippen molar-refractivity contribution in [2.24, 2.45) is 0 Å². The number of hydrogen-bond donors (Lipinski definition) is 1. The van der Waals surface area contributed by atoms with Crippen LogP contribution in [0.5, 0.6) is 0 Å². The Morgan fingerprint density at radius 1 is 1.02 bits per heavy atom. The van der Waals surface area contributed by atoms with Crippen LogP contribution < -0.4 is 5.32 Å². The van der Waals surface area contributed by atoms with Crippen molar-refractivity contribution in [2.45, 2.75) is 37.6 Å². The van der Waals surface area contributed by atoms with Crippen LogP contribution >= 0.6 is 22.9 Å². The predicted molar refractivity (Wildman–Crippen MR) is 165 cm³/mol. The number of carbonyl (C=O) groups excluding carboxylic acids is 2. The average Bonchev–Trinajstić information content (AvgIpc) is 3.52. The third-order valence-electron chi connectivity index (χ3n) is 8.33. The molecule has 216 valence electrons. The van der Waals surface area contributed by atoms with Gasteiger partial charge < -0.3 is 15.1 Å². The number of nitrogens with zero attached hydrogens (tertiary/aromatic N) is 3. The van der Waals surface area contributed by atoms with E-state index in [4.69, 9.17) is 16.6 Å². The lowest BCUT2D eigenvalue weighted by Crippen LogP contribution is -2.41. The minimum atomic E-state index is -0.305. The molecule has 2 amide bonds. The van der Waals surface area contributed by atoms with E-state index < -0.39 is 0 Å². The Bertz CT molecular complexity index is 1600. The zero-order valence-electron chi connectivity index (χ0n) is 23.4. The zero-order valence-corrected chi connectivity index (χ0v) is 24.9. The van der Waals surface area contributed by atoms with Gasteiger partial charge in [0.1, 0.15) is 11.5 Å². The van der Waals surface area contributed by atoms with Crippen molar-refractivity contribution in [3.63, 3.8) is 0 Å². The fraction of sp³-hybridized carbons (Fsp3) is 0.303. The van der Waals surface area contributed by atoms with Crippen LogP contribution in [-0.4, -0.2) is 53.3 Å². The highest BCUT2D eigenvalue weighted by atomic mass is 35.5. The summed E-state index contributed by atoms with van der Waals surface area (Å²) < 4.78 is 13.2. The maximum Gasteiger partial charge on any atom is 0.274 e. The fourth-order valence-electron chi connectivity index (χ4n) is 6.09. The molecule has 0 radical (unpaired) electrons. The minimum absolute atomic E-state index is 0.0495. The summed E-state index contributed by atoms with van der Waals surface area (Å²) in [6, 6.07) is 19.8. The zero-order chi connectivity index (χ0) is 29.2. The van der Waals surface area contributed by atoms with Gasteiger partial charge in [0.15, 0.2) is 0 Å². The van der Waals surface area contributed by atoms with Gasteiger partial charge in [-0.1, -0.05) is 48.0 Å². The molecule has 1 fully saturated rings. The molecule has 1 aromatic heterocycles. The molecule has 3 aromatic carbocycles. The van der Waals surface area contributed by atoms with E-state index in [1.54, 1.807) is 12.1 Å². The molecule has 9 heteroatoms. The SMILES string of the molecule is CNc1ccc(Cl)cc1C1c2ccccc2CCN1C(=O)c1csc(C2CCN(C(=O)Cc3ccc(F)cc3)CC2)n1. The topological polar surface area (TPSA) is 65.5 Å². The van der Waals surface area contributed by atoms with E-state index in [9.17, 15) is 14.0 Å². The molecule has 1 unspecified atom stereocenters. The van der Waals surface area contributed by atoms with Crippen LogP contribution in [0.15, 0.2) is 72.1 Å². The Labute approximate surface area is 254 Å². The van der Waals surface area contributed by atoms with Gasteiger partial charge in [-0.05, 0) is 66.3 Å². The lowest BCUT2D eigenvalue weighted by Gasteiger charge is -2.38. The normalized spacial score (nSPS) is 17.2. The number of amides is 2. The summed E-state index contributed by atoms with van der Waals surface area (Å²) in [6.07, 6.45) is 2.63. The van der Waals surface area contributed by atoms with E-state index in [1.807, 2.05) is 52.6 Å². The Morgan fingerprint density at radius 2 is 1.79 bits per heavy atom. The maximum atomic E-state index is 14.1. The first-order valence-corrected chi connectivity index (χ1v) is 15.5. The summed E-state index contributed by atoms with van der Waals surface area (Å²) >= 11 is 7.97. The molecule has 0 aliphatic carbocycles. The van der Waals surface area contributed by atoms with Gasteiger partial charge in [0.05, 0.1) is 17.5 Å². The Balaban J connectivity index is 1.17. The number of hydrogen-bond acceptors (Lipinski definition) is 5. The quantitative estimate of drug-likeness (QED) is 0.266. The monoisotopic (exact) mass is 602 g/mol. The van der Waals surface area contributed by atoms with Crippen LogP contribution in [0.4, 0.5) is 10.1 Å². The predicted octanol–water partition coefficient (Wildman–Crippen LogP) is 6.71. The fourth-order valence-corrected chi connectivity index (χ4v) is 7.24. The molecule has 1 N–H and O–H groups in total. The molecular formula is C33H32ClFN4O2S. The number of benzene rings is 3. The second-order valence-electron chi connectivity index (χ2n) is 10.9. The van der Waals surface area contributed by atoms with Gasteiger partial charge in [-0.2, -0.15) is 0 Å². The van der Waals surface area contributed by atoms with Crippen LogP contribution in [0, 0.1) is 5.82 Å². The molecule has 1 atom stereocenters. The number of rotatable bonds is 6. The van der Waals surface area contributed by atoms with Crippen molar-refractivity contribution < 1.29 is 14.0 Å². The van der Waals surface area contributed by atoms with Crippen LogP contribution in [0.2, 0.25) is 5.02 Å². The van der Waals surface area contributed by atoms with Crippen LogP contribution in [0.3, 0.4) is 0 Å². The van der Waals surface area contributed by atoms with Gasteiger partial charge in [-0.3, -0.25) is 9.59 Å². The molecule has 6 rings (SSSR count). The van der Waals surface area contributed by atoms with Gasteiger partial charge in [-0.15, -0.1) is 11.3 Å². The maximum absolute atomic E-state index is 14.1. The van der Waals surface area contributed by atoms with Crippen LogP contribution in [0.1, 0.15) is 62.6 Å². The third kappa shape index (κ3) is 5.78. The number of nitrogens with one attached hydrogen (secondary N) is 1. The second-order valence-corrected chi connectivity index (χ2v) is 12.2. The average molecular weight is 603 g/mol. The van der Waals surface area contributed by atoms with E-state index in [1.165, 1.54) is 29.0 Å². The smallest absolute Gasteiger partial charge is 0.274 e. The van der Waals surface area contributed by atoms with Crippen molar-refractivity contribution in [3.05, 3.63) is 116 Å². The van der Waals surface area contributed by atoms with E-state index in [0.717, 1.165) is 46.6 Å². The molecular weight excluding hydrogens is 571 g/mol. The number of thiazole rings is 1. The van der Waals surface area contributed by atoms with Crippen molar-refractivity contribution in [1.29, 1.82) is 0 Å². The van der Waals surface area contributed by atoms with Gasteiger partial charge in [0.25, 0.3) is 5.91 Å². The lowest BCUT2D eigenvalue weighted by atomic mass is 9.87. The Kier molecular flexibility index (Phi) is 8.27. The molecule has 0 bridgehead atoms. The summed E-state index contributed by atoms with van der Waals surface area (Å²) in [7, 11) is 1.88. The highest BCUT2D eigenvalue weighted by Gasteiger charge is 2.35. The van der Waals surface area contributed by atoms with Crippen molar-refractivity contribution in [1.82, 2.24) is 14.8 Å². The van der Waals surface area contributed by atoms with Gasteiger partial charge >= 0.3 is 0 Å². The number of halogens is 2. The number of fused-ring (bicyclic) bond motifs is 1. The van der Waals surface area contributed by atoms with Crippen molar-refractivity contribution in [3.8, 4) is 0 Å². The number of piperidine rings is 1. The summed E-state index contributed by atoms with van der Waals surface area (Å²) in [5, 5.41) is 6.71. The minimum Gasteiger partial charge on any atom is -0.388 e. The Morgan fingerprint density at radius 3 is 2.55 bits per heavy atom. The first kappa shape index (κ1) is 28.4. The molecule has 2 aliphatic rings. The largest absolute Gasteiger partial charge is 0.388 e. The van der Waals surface area contributed by atoms with E-state index >= 15 is 0 Å². The second kappa shape index (κ2) is 12.2. The highest BCUT2D eigenvalue weighted by molar-refractivity contribution is 7.09. The summed E-state index contributed by atoms with van der Waals surface area (Å²) in [5.41, 5.74) is 5.49. The third-order valence-corrected chi connectivity index (χ3v) is 9.57. The standard InChI is InChI=1S/C33H32ClFN4O2S/c1-36-28-11-8-24(34)19-27(28)31-26-5-3-2-4-22(26)14-17-39(31)33(41)29-20-42-32(37-29)23-12-15-38(16-13-23)30(40)18-21-6-9-25(35)10-7-21/h2-11,19-20,23,31,36H,12-18H2,1H3. The van der Waals surface area contributed by atoms with Crippen LogP contribution in [0.25, 0.3) is 0 Å². The van der Waals surface area contributed by atoms with Crippen molar-refractivity contribution >= 4 is 40.4 Å². The number of aromatic nitrogens is 1. The van der Waals surface area contributed by atoms with Gasteiger partial charge in [0.2, 0.25) is 5.91 Å². The summed E-state index contributed by atoms with van der Waals surface area (Å²) in [5.74, 6) is -0.145. The van der Waals surface area contributed by atoms with Gasteiger partial charge in [0, 0.05) is 54.3 Å².